The van der Waals surface area contributed by atoms with Crippen LogP contribution in [-0.4, -0.2) is 12.5 Å². The van der Waals surface area contributed by atoms with Gasteiger partial charge in [-0.25, -0.2) is 0 Å². The van der Waals surface area contributed by atoms with Crippen LogP contribution in [0.15, 0.2) is 0 Å². The SMILES string of the molecule is CSC.[H+].[H+].[S-2]. The molecule has 0 nitrogen and oxygen atoms in total. The molecule has 4 heavy (non-hydrogen) atoms. The molecule has 0 unspecified atom stereocenters. The Bertz CT molecular complexity index is 9.51. The summed E-state index contributed by atoms with van der Waals surface area (Å²) < 4.78 is 0. The third kappa shape index (κ3) is 15.9. The van der Waals surface area contributed by atoms with Crippen molar-refractivity contribution in [1.82, 2.24) is 0 Å². The van der Waals surface area contributed by atoms with E-state index in [1.54, 1.807) is 11.8 Å². The van der Waals surface area contributed by atoms with Crippen LogP contribution in [0.5, 0.6) is 0 Å². The highest BCUT2D eigenvalue weighted by Gasteiger charge is 1.32. The molecule has 0 aliphatic heterocycles. The zero-order chi connectivity index (χ0) is 2.71. The summed E-state index contributed by atoms with van der Waals surface area (Å²) in [6.45, 7) is 0. The maximum Gasteiger partial charge on any atom is 1.00 e. The molecule has 2 heteroatoms. The molecule has 0 aromatic carbocycles. The zero-order valence-electron chi connectivity index (χ0n) is 4.82. The van der Waals surface area contributed by atoms with E-state index >= 15 is 0 Å². The van der Waals surface area contributed by atoms with Crippen LogP contribution >= 0.6 is 11.8 Å². The van der Waals surface area contributed by atoms with Gasteiger partial charge in [-0.3, -0.25) is 0 Å². The van der Waals surface area contributed by atoms with Crippen molar-refractivity contribution < 1.29 is 2.85 Å². The van der Waals surface area contributed by atoms with Gasteiger partial charge >= 0.3 is 2.85 Å². The van der Waals surface area contributed by atoms with E-state index in [4.69, 9.17) is 0 Å². The number of hydrogen-bond acceptors (Lipinski definition) is 1. The standard InChI is InChI=1S/C2H6S.S/c1-3-2;/h1-2H3;/q;-2/p+2. The fourth-order valence-electron chi connectivity index (χ4n) is 0. The van der Waals surface area contributed by atoms with Crippen LogP contribution in [0.25, 0.3) is 0 Å². The van der Waals surface area contributed by atoms with Crippen molar-refractivity contribution in [2.75, 3.05) is 12.5 Å². The first kappa shape index (κ1) is 8.83. The lowest BCUT2D eigenvalue weighted by atomic mass is 11.9. The second kappa shape index (κ2) is 9.33. The molecule has 0 radical (unpaired) electrons. The molecule has 0 saturated heterocycles. The molecule has 28 valence electrons. The Hall–Kier alpha value is 0.700. The maximum absolute atomic E-state index is 2.04. The van der Waals surface area contributed by atoms with Crippen molar-refractivity contribution in [2.24, 2.45) is 0 Å². The molecule has 0 aliphatic carbocycles. The smallest absolute Gasteiger partial charge is 1.00 e. The second-order valence-corrected chi connectivity index (χ2v) is 1.22. The lowest BCUT2D eigenvalue weighted by Crippen LogP contribution is -1.25. The van der Waals surface area contributed by atoms with Crippen LogP contribution in [-0.2, 0) is 13.5 Å². The Balaban J connectivity index is -0.00000000667. The zero-order valence-corrected chi connectivity index (χ0v) is 4.45. The largest absolute Gasteiger partial charge is 2.00 e. The van der Waals surface area contributed by atoms with Gasteiger partial charge in [0.15, 0.2) is 0 Å². The van der Waals surface area contributed by atoms with Crippen molar-refractivity contribution in [3.8, 4) is 0 Å². The Kier molecular flexibility index (Phi) is 20.6. The summed E-state index contributed by atoms with van der Waals surface area (Å²) in [6, 6.07) is 0. The average Bonchev–Trinajstić information content (AvgIpc) is 0.918. The molecular formula is C2H8S2. The van der Waals surface area contributed by atoms with Gasteiger partial charge in [-0.1, -0.05) is 0 Å². The molecule has 0 saturated carbocycles. The topological polar surface area (TPSA) is 0 Å². The molecule has 0 atom stereocenters. The van der Waals surface area contributed by atoms with Crippen molar-refractivity contribution >= 4 is 25.3 Å². The van der Waals surface area contributed by atoms with Crippen LogP contribution in [0, 0.1) is 0 Å². The maximum atomic E-state index is 2.04. The molecule has 0 bridgehead atoms. The van der Waals surface area contributed by atoms with Gasteiger partial charge in [-0.15, -0.1) is 0 Å². The van der Waals surface area contributed by atoms with Crippen LogP contribution in [0.2, 0.25) is 0 Å². The number of rotatable bonds is 0. The van der Waals surface area contributed by atoms with E-state index in [9.17, 15) is 0 Å². The molecule has 0 rings (SSSR count). The van der Waals surface area contributed by atoms with Crippen LogP contribution in [0.4, 0.5) is 0 Å². The van der Waals surface area contributed by atoms with Gasteiger partial charge in [0.1, 0.15) is 0 Å². The summed E-state index contributed by atoms with van der Waals surface area (Å²) in [7, 11) is 0. The Morgan fingerprint density at radius 1 is 1.50 bits per heavy atom. The van der Waals surface area contributed by atoms with E-state index in [-0.39, 0.29) is 16.3 Å². The van der Waals surface area contributed by atoms with Crippen molar-refractivity contribution in [3.05, 3.63) is 0 Å². The van der Waals surface area contributed by atoms with E-state index in [0.29, 0.717) is 0 Å². The predicted molar refractivity (Wildman–Crippen MR) is 29.0 cm³/mol. The Morgan fingerprint density at radius 3 is 1.50 bits per heavy atom. The van der Waals surface area contributed by atoms with Crippen LogP contribution < -0.4 is 0 Å². The van der Waals surface area contributed by atoms with Crippen molar-refractivity contribution in [3.63, 3.8) is 0 Å². The Labute approximate surface area is 41.4 Å². The summed E-state index contributed by atoms with van der Waals surface area (Å²) in [5.74, 6) is 0. The van der Waals surface area contributed by atoms with Crippen molar-refractivity contribution in [1.29, 1.82) is 0 Å². The van der Waals surface area contributed by atoms with E-state index in [1.165, 1.54) is 0 Å². The number of hydrogen-bond donors (Lipinski definition) is 0. The first-order chi connectivity index (χ1) is 1.41. The van der Waals surface area contributed by atoms with Gasteiger partial charge in [-0.2, -0.15) is 11.8 Å². The molecule has 0 aromatic heterocycles. The molecule has 0 fully saturated rings. The van der Waals surface area contributed by atoms with Gasteiger partial charge in [0, 0.05) is 0 Å². The summed E-state index contributed by atoms with van der Waals surface area (Å²) in [5.41, 5.74) is 0. The minimum Gasteiger partial charge on any atom is -2.00 e. The first-order valence-electron chi connectivity index (χ1n) is 0.816. The first-order valence-corrected chi connectivity index (χ1v) is 2.45. The molecule has 0 amide bonds. The summed E-state index contributed by atoms with van der Waals surface area (Å²) >= 11 is 1.75. The third-order valence-corrected chi connectivity index (χ3v) is 0. The quantitative estimate of drug-likeness (QED) is 0.436. The van der Waals surface area contributed by atoms with Gasteiger partial charge in [0.25, 0.3) is 0 Å². The minimum absolute atomic E-state index is 0. The average molecular weight is 96.2 g/mol. The van der Waals surface area contributed by atoms with Crippen LogP contribution in [0.3, 0.4) is 0 Å². The highest BCUT2D eigenvalue weighted by Crippen LogP contribution is 1.70. The molecule has 0 heterocycles. The fourth-order valence-corrected chi connectivity index (χ4v) is 0. The fraction of sp³-hybridized carbons (Fsp3) is 1.00. The monoisotopic (exact) mass is 96.0 g/mol. The van der Waals surface area contributed by atoms with E-state index in [2.05, 4.69) is 0 Å². The van der Waals surface area contributed by atoms with Crippen LogP contribution in [0.1, 0.15) is 2.85 Å². The summed E-state index contributed by atoms with van der Waals surface area (Å²) in [5, 5.41) is 0. The van der Waals surface area contributed by atoms with Gasteiger partial charge < -0.3 is 13.5 Å². The lowest BCUT2D eigenvalue weighted by molar-refractivity contribution is 2.37. The number of thioether (sulfide) groups is 1. The molecule has 0 aliphatic rings. The van der Waals surface area contributed by atoms with E-state index < -0.39 is 0 Å². The Morgan fingerprint density at radius 2 is 1.50 bits per heavy atom. The summed E-state index contributed by atoms with van der Waals surface area (Å²) in [4.78, 5) is 0. The predicted octanol–water partition coefficient (Wildman–Crippen LogP) is 1.20. The van der Waals surface area contributed by atoms with E-state index in [1.807, 2.05) is 12.5 Å². The molecule has 0 N–H and O–H groups in total. The minimum atomic E-state index is 0. The second-order valence-electron chi connectivity index (χ2n) is 0.408. The van der Waals surface area contributed by atoms with Gasteiger partial charge in [-0.05, 0) is 12.5 Å². The van der Waals surface area contributed by atoms with Crippen molar-refractivity contribution in [2.45, 2.75) is 0 Å². The normalized spacial score (nSPS) is 4.50. The lowest BCUT2D eigenvalue weighted by Gasteiger charge is -2.00. The molecular weight excluding hydrogens is 88.2 g/mol. The molecule has 0 aromatic rings. The molecule has 0 spiro atoms. The highest BCUT2D eigenvalue weighted by atomic mass is 32.2. The highest BCUT2D eigenvalue weighted by molar-refractivity contribution is 7.97. The van der Waals surface area contributed by atoms with Gasteiger partial charge in [0.2, 0.25) is 0 Å². The third-order valence-electron chi connectivity index (χ3n) is 0. The van der Waals surface area contributed by atoms with Gasteiger partial charge in [0.05, 0.1) is 0 Å². The van der Waals surface area contributed by atoms with E-state index in [0.717, 1.165) is 0 Å². The summed E-state index contributed by atoms with van der Waals surface area (Å²) in [6.07, 6.45) is 4.08.